The fourth-order valence-electron chi connectivity index (χ4n) is 0.863. The number of benzene rings is 1. The maximum atomic E-state index is 11.4. The Balaban J connectivity index is 2.60. The topological polar surface area (TPSA) is 52.3 Å². The van der Waals surface area contributed by atoms with E-state index in [-0.39, 0.29) is 0 Å². The van der Waals surface area contributed by atoms with Gasteiger partial charge in [0.25, 0.3) is 0 Å². The molecule has 1 aromatic carbocycles. The first-order chi connectivity index (χ1) is 6.75. The predicted molar refractivity (Wildman–Crippen MR) is 58.9 cm³/mol. The van der Waals surface area contributed by atoms with Crippen molar-refractivity contribution in [3.63, 3.8) is 0 Å². The number of rotatable bonds is 4. The van der Waals surface area contributed by atoms with E-state index in [1.807, 2.05) is 0 Å². The average Bonchev–Trinajstić information content (AvgIpc) is 2.18. The van der Waals surface area contributed by atoms with Gasteiger partial charge in [0.05, 0.1) is 17.6 Å². The Hall–Kier alpha value is -1.42. The lowest BCUT2D eigenvalue weighted by Crippen LogP contribution is -2.04. The van der Waals surface area contributed by atoms with Crippen LogP contribution in [0, 0.1) is 0 Å². The van der Waals surface area contributed by atoms with Crippen LogP contribution < -0.4 is 5.73 Å². The molecular weight excluding hydrogens is 198 g/mol. The number of carbonyl (C=O) groups is 1. The molecule has 0 aliphatic rings. The van der Waals surface area contributed by atoms with Crippen molar-refractivity contribution in [2.24, 2.45) is 0 Å². The van der Waals surface area contributed by atoms with Crippen LogP contribution in [0.4, 0.5) is 5.69 Å². The fourth-order valence-corrected chi connectivity index (χ4v) is 1.22. The quantitative estimate of drug-likeness (QED) is 0.357. The van der Waals surface area contributed by atoms with Crippen molar-refractivity contribution >= 4 is 23.7 Å². The van der Waals surface area contributed by atoms with Crippen molar-refractivity contribution in [3.8, 4) is 0 Å². The predicted octanol–water partition coefficient (Wildman–Crippen LogP) is 2.26. The summed E-state index contributed by atoms with van der Waals surface area (Å²) < 4.78 is 4.88. The molecule has 74 valence electrons. The van der Waals surface area contributed by atoms with Crippen LogP contribution in [0.5, 0.6) is 0 Å². The van der Waals surface area contributed by atoms with Gasteiger partial charge in [-0.2, -0.15) is 0 Å². The summed E-state index contributed by atoms with van der Waals surface area (Å²) in [5, 5.41) is 0. The Morgan fingerprint density at radius 1 is 1.57 bits per heavy atom. The van der Waals surface area contributed by atoms with Gasteiger partial charge in [0.2, 0.25) is 0 Å². The monoisotopic (exact) mass is 209 g/mol. The van der Waals surface area contributed by atoms with Crippen molar-refractivity contribution in [2.75, 3.05) is 11.5 Å². The van der Waals surface area contributed by atoms with Crippen LogP contribution in [0.25, 0.3) is 0 Å². The Bertz CT molecular complexity index is 339. The Morgan fingerprint density at radius 3 is 2.93 bits per heavy atom. The molecule has 0 aromatic heterocycles. The first-order valence-electron chi connectivity index (χ1n) is 4.05. The van der Waals surface area contributed by atoms with E-state index in [1.54, 1.807) is 30.3 Å². The number of hydrogen-bond donors (Lipinski definition) is 1. The lowest BCUT2D eigenvalue weighted by molar-refractivity contribution is 0.0769. The van der Waals surface area contributed by atoms with E-state index in [1.165, 1.54) is 0 Å². The second-order valence-electron chi connectivity index (χ2n) is 2.53. The second-order valence-corrected chi connectivity index (χ2v) is 3.27. The van der Waals surface area contributed by atoms with Crippen molar-refractivity contribution < 1.29 is 8.98 Å². The summed E-state index contributed by atoms with van der Waals surface area (Å²) in [6.07, 6.45) is 1.66. The molecule has 2 N–H and O–H groups in total. The molecule has 1 rings (SSSR count). The van der Waals surface area contributed by atoms with Crippen LogP contribution in [-0.2, 0) is 4.18 Å². The van der Waals surface area contributed by atoms with Crippen molar-refractivity contribution in [3.05, 3.63) is 42.5 Å². The molecule has 0 heterocycles. The van der Waals surface area contributed by atoms with Gasteiger partial charge in [-0.3, -0.25) is 0 Å². The lowest BCUT2D eigenvalue weighted by atomic mass is 10.2. The highest BCUT2D eigenvalue weighted by Crippen LogP contribution is 2.15. The van der Waals surface area contributed by atoms with Crippen molar-refractivity contribution in [1.82, 2.24) is 0 Å². The van der Waals surface area contributed by atoms with Gasteiger partial charge in [-0.05, 0) is 12.1 Å². The summed E-state index contributed by atoms with van der Waals surface area (Å²) >= 11 is 1.04. The summed E-state index contributed by atoms with van der Waals surface area (Å²) in [6, 6.07) is 6.80. The number of hydrogen-bond acceptors (Lipinski definition) is 4. The Labute approximate surface area is 87.1 Å². The minimum Gasteiger partial charge on any atom is -0.398 e. The molecule has 14 heavy (non-hydrogen) atoms. The zero-order chi connectivity index (χ0) is 10.4. The molecule has 0 atom stereocenters. The Morgan fingerprint density at radius 2 is 2.29 bits per heavy atom. The zero-order valence-electron chi connectivity index (χ0n) is 7.60. The van der Waals surface area contributed by atoms with Crippen LogP contribution >= 0.6 is 12.0 Å². The number of carbonyl (C=O) groups excluding carboxylic acids is 1. The molecule has 0 saturated carbocycles. The van der Waals surface area contributed by atoms with Gasteiger partial charge in [0.1, 0.15) is 0 Å². The highest BCUT2D eigenvalue weighted by atomic mass is 32.2. The van der Waals surface area contributed by atoms with Gasteiger partial charge in [0, 0.05) is 11.4 Å². The number of para-hydroxylation sites is 1. The van der Waals surface area contributed by atoms with E-state index in [9.17, 15) is 4.79 Å². The largest absolute Gasteiger partial charge is 0.398 e. The van der Waals surface area contributed by atoms with E-state index >= 15 is 0 Å². The van der Waals surface area contributed by atoms with Gasteiger partial charge >= 0.3 is 5.97 Å². The van der Waals surface area contributed by atoms with Crippen molar-refractivity contribution in [2.45, 2.75) is 0 Å². The van der Waals surface area contributed by atoms with Crippen LogP contribution in [0.15, 0.2) is 36.9 Å². The summed E-state index contributed by atoms with van der Waals surface area (Å²) in [6.45, 7) is 3.51. The number of nitrogen functional groups attached to an aromatic ring is 1. The van der Waals surface area contributed by atoms with Gasteiger partial charge in [-0.1, -0.05) is 18.2 Å². The third-order valence-electron chi connectivity index (χ3n) is 1.50. The molecule has 0 radical (unpaired) electrons. The minimum atomic E-state index is -0.421. The highest BCUT2D eigenvalue weighted by Gasteiger charge is 2.09. The standard InChI is InChI=1S/C10H11NO2S/c1-2-7-14-13-10(12)8-5-3-4-6-9(8)11/h2-6H,1,7,11H2. The van der Waals surface area contributed by atoms with Crippen LogP contribution in [0.2, 0.25) is 0 Å². The summed E-state index contributed by atoms with van der Waals surface area (Å²) in [5.74, 6) is 0.147. The number of anilines is 1. The molecule has 4 heteroatoms. The third kappa shape index (κ3) is 2.81. The average molecular weight is 209 g/mol. The second kappa shape index (κ2) is 5.34. The van der Waals surface area contributed by atoms with E-state index in [0.29, 0.717) is 17.0 Å². The first kappa shape index (κ1) is 10.7. The molecule has 0 aliphatic carbocycles. The van der Waals surface area contributed by atoms with E-state index in [0.717, 1.165) is 12.0 Å². The third-order valence-corrected chi connectivity index (χ3v) is 2.14. The maximum absolute atomic E-state index is 11.4. The smallest absolute Gasteiger partial charge is 0.352 e. The maximum Gasteiger partial charge on any atom is 0.352 e. The van der Waals surface area contributed by atoms with Crippen LogP contribution in [0.1, 0.15) is 10.4 Å². The molecule has 0 aliphatic heterocycles. The van der Waals surface area contributed by atoms with E-state index < -0.39 is 5.97 Å². The normalized spacial score (nSPS) is 9.43. The molecule has 1 aromatic rings. The van der Waals surface area contributed by atoms with Gasteiger partial charge in [0.15, 0.2) is 0 Å². The molecule has 0 amide bonds. The molecule has 0 unspecified atom stereocenters. The minimum absolute atomic E-state index is 0.393. The van der Waals surface area contributed by atoms with Gasteiger partial charge in [-0.25, -0.2) is 4.79 Å². The molecular formula is C10H11NO2S. The van der Waals surface area contributed by atoms with E-state index in [2.05, 4.69) is 6.58 Å². The van der Waals surface area contributed by atoms with Gasteiger partial charge < -0.3 is 9.92 Å². The SMILES string of the molecule is C=CCSOC(=O)c1ccccc1N. The van der Waals surface area contributed by atoms with Crippen LogP contribution in [-0.4, -0.2) is 11.7 Å². The number of nitrogens with two attached hydrogens (primary N) is 1. The zero-order valence-corrected chi connectivity index (χ0v) is 8.42. The first-order valence-corrected chi connectivity index (χ1v) is 4.96. The summed E-state index contributed by atoms with van der Waals surface area (Å²) in [4.78, 5) is 11.4. The van der Waals surface area contributed by atoms with Crippen molar-refractivity contribution in [1.29, 1.82) is 0 Å². The van der Waals surface area contributed by atoms with Crippen LogP contribution in [0.3, 0.4) is 0 Å². The molecule has 0 fully saturated rings. The molecule has 0 bridgehead atoms. The van der Waals surface area contributed by atoms with Gasteiger partial charge in [-0.15, -0.1) is 6.58 Å². The summed E-state index contributed by atoms with van der Waals surface area (Å²) in [5.41, 5.74) is 6.42. The molecule has 0 saturated heterocycles. The Kier molecular flexibility index (Phi) is 4.07. The lowest BCUT2D eigenvalue weighted by Gasteiger charge is -2.03. The van der Waals surface area contributed by atoms with E-state index in [4.69, 9.17) is 9.92 Å². The molecule has 0 spiro atoms. The molecule has 3 nitrogen and oxygen atoms in total. The highest BCUT2D eigenvalue weighted by molar-refractivity contribution is 7.95. The summed E-state index contributed by atoms with van der Waals surface area (Å²) in [7, 11) is 0. The fraction of sp³-hybridized carbons (Fsp3) is 0.100.